The molecular formula is C21H15F4N5O2S. The zero-order valence-electron chi connectivity index (χ0n) is 17.0. The molecule has 7 nitrogen and oxygen atoms in total. The number of hydrogen-bond acceptors (Lipinski definition) is 5. The number of benzene rings is 1. The Morgan fingerprint density at radius 2 is 2.12 bits per heavy atom. The van der Waals surface area contributed by atoms with Crippen LogP contribution < -0.4 is 15.5 Å². The largest absolute Gasteiger partial charge is 0.419 e. The van der Waals surface area contributed by atoms with E-state index >= 15 is 0 Å². The molecular weight excluding hydrogens is 462 g/mol. The lowest BCUT2D eigenvalue weighted by molar-refractivity contribution is -0.138. The van der Waals surface area contributed by atoms with Crippen molar-refractivity contribution in [2.75, 3.05) is 11.9 Å². The summed E-state index contributed by atoms with van der Waals surface area (Å²) in [5, 5.41) is 13.8. The van der Waals surface area contributed by atoms with Gasteiger partial charge in [-0.15, -0.1) is 0 Å². The van der Waals surface area contributed by atoms with Crippen molar-refractivity contribution in [1.82, 2.24) is 15.6 Å². The number of thiocarbonyl (C=S) groups is 1. The van der Waals surface area contributed by atoms with E-state index in [1.165, 1.54) is 30.1 Å². The molecule has 0 bridgehead atoms. The van der Waals surface area contributed by atoms with E-state index in [1.807, 2.05) is 0 Å². The number of nitrogens with zero attached hydrogens (tertiary/aromatic N) is 3. The lowest BCUT2D eigenvalue weighted by Crippen LogP contribution is -2.60. The molecule has 1 aliphatic carbocycles. The van der Waals surface area contributed by atoms with Gasteiger partial charge in [-0.1, -0.05) is 0 Å². The van der Waals surface area contributed by atoms with Crippen LogP contribution in [0.2, 0.25) is 0 Å². The van der Waals surface area contributed by atoms with Crippen LogP contribution >= 0.6 is 12.2 Å². The summed E-state index contributed by atoms with van der Waals surface area (Å²) in [5.74, 6) is -2.77. The number of carbonyl (C=O) groups is 2. The number of alkyl halides is 3. The quantitative estimate of drug-likeness (QED) is 0.521. The Labute approximate surface area is 190 Å². The molecule has 2 fully saturated rings. The molecule has 2 heterocycles. The first-order chi connectivity index (χ1) is 15.5. The zero-order valence-corrected chi connectivity index (χ0v) is 17.8. The minimum Gasteiger partial charge on any atom is -0.355 e. The molecule has 12 heteroatoms. The van der Waals surface area contributed by atoms with Crippen LogP contribution in [0, 0.1) is 17.1 Å². The van der Waals surface area contributed by atoms with Crippen LogP contribution in [0.1, 0.15) is 45.9 Å². The summed E-state index contributed by atoms with van der Waals surface area (Å²) < 4.78 is 55.0. The van der Waals surface area contributed by atoms with Crippen LogP contribution in [0.15, 0.2) is 30.5 Å². The van der Waals surface area contributed by atoms with Gasteiger partial charge >= 0.3 is 6.18 Å². The number of rotatable bonds is 3. The summed E-state index contributed by atoms with van der Waals surface area (Å²) in [5.41, 5.74) is -3.29. The van der Waals surface area contributed by atoms with Crippen molar-refractivity contribution in [3.05, 3.63) is 58.7 Å². The van der Waals surface area contributed by atoms with Gasteiger partial charge < -0.3 is 15.5 Å². The Bertz CT molecular complexity index is 1240. The van der Waals surface area contributed by atoms with Gasteiger partial charge in [0, 0.05) is 24.8 Å². The van der Waals surface area contributed by atoms with E-state index in [-0.39, 0.29) is 28.3 Å². The molecule has 2 N–H and O–H groups in total. The highest BCUT2D eigenvalue weighted by atomic mass is 32.1. The zero-order chi connectivity index (χ0) is 24.1. The molecule has 2 atom stereocenters. The molecule has 2 unspecified atom stereocenters. The summed E-state index contributed by atoms with van der Waals surface area (Å²) in [6, 6.07) is 5.94. The van der Waals surface area contributed by atoms with Crippen LogP contribution in [0.3, 0.4) is 0 Å². The number of pyridine rings is 1. The van der Waals surface area contributed by atoms with Crippen LogP contribution in [0.25, 0.3) is 0 Å². The molecule has 2 aromatic rings. The lowest BCUT2D eigenvalue weighted by atomic mass is 9.62. The number of aromatic nitrogens is 1. The Balaban J connectivity index is 1.79. The molecule has 170 valence electrons. The second-order valence-electron chi connectivity index (χ2n) is 7.63. The molecule has 1 spiro atoms. The molecule has 1 aromatic carbocycles. The van der Waals surface area contributed by atoms with Crippen molar-refractivity contribution in [2.24, 2.45) is 0 Å². The third-order valence-electron chi connectivity index (χ3n) is 6.01. The maximum absolute atomic E-state index is 14.6. The molecule has 1 saturated carbocycles. The van der Waals surface area contributed by atoms with E-state index in [4.69, 9.17) is 17.5 Å². The first kappa shape index (κ1) is 22.6. The normalized spacial score (nSPS) is 22.1. The molecule has 1 aliphatic heterocycles. The highest BCUT2D eigenvalue weighted by Gasteiger charge is 2.62. The Hall–Kier alpha value is -3.59. The van der Waals surface area contributed by atoms with Gasteiger partial charge in [-0.25, -0.2) is 9.37 Å². The van der Waals surface area contributed by atoms with Gasteiger partial charge in [-0.05, 0) is 54.9 Å². The molecule has 1 saturated heterocycles. The van der Waals surface area contributed by atoms with E-state index < -0.39 is 46.5 Å². The highest BCUT2D eigenvalue weighted by Crippen LogP contribution is 2.54. The number of nitriles is 1. The van der Waals surface area contributed by atoms with Crippen molar-refractivity contribution in [3.8, 4) is 6.07 Å². The minimum absolute atomic E-state index is 0.0329. The van der Waals surface area contributed by atoms with E-state index in [2.05, 4.69) is 15.6 Å². The van der Waals surface area contributed by atoms with Crippen molar-refractivity contribution in [1.29, 1.82) is 5.26 Å². The van der Waals surface area contributed by atoms with Gasteiger partial charge in [-0.2, -0.15) is 18.4 Å². The number of carbonyl (C=O) groups excluding carboxylic acids is 2. The van der Waals surface area contributed by atoms with Crippen LogP contribution in [0.5, 0.6) is 0 Å². The predicted molar refractivity (Wildman–Crippen MR) is 112 cm³/mol. The molecule has 4 rings (SSSR count). The molecule has 33 heavy (non-hydrogen) atoms. The number of amides is 2. The predicted octanol–water partition coefficient (Wildman–Crippen LogP) is 3.01. The second-order valence-corrected chi connectivity index (χ2v) is 8.01. The number of anilines is 1. The Kier molecular flexibility index (Phi) is 5.32. The highest BCUT2D eigenvalue weighted by molar-refractivity contribution is 7.80. The number of nitrogens with one attached hydrogen (secondary N) is 2. The third kappa shape index (κ3) is 3.39. The fraction of sp³-hybridized carbons (Fsp3) is 0.286. The number of hydrogen-bond donors (Lipinski definition) is 2. The molecule has 2 aliphatic rings. The van der Waals surface area contributed by atoms with Crippen molar-refractivity contribution < 1.29 is 27.2 Å². The average Bonchev–Trinajstić information content (AvgIpc) is 3.03. The van der Waals surface area contributed by atoms with Crippen molar-refractivity contribution >= 4 is 34.8 Å². The third-order valence-corrected chi connectivity index (χ3v) is 6.30. The minimum atomic E-state index is -4.81. The molecule has 1 aromatic heterocycles. The summed E-state index contributed by atoms with van der Waals surface area (Å²) in [6.07, 6.45) is -3.09. The van der Waals surface area contributed by atoms with Crippen molar-refractivity contribution in [3.63, 3.8) is 0 Å². The van der Waals surface area contributed by atoms with E-state index in [0.29, 0.717) is 6.42 Å². The van der Waals surface area contributed by atoms with E-state index in [0.717, 1.165) is 18.3 Å². The smallest absolute Gasteiger partial charge is 0.355 e. The summed E-state index contributed by atoms with van der Waals surface area (Å²) in [6.45, 7) is 0. The first-order valence-corrected chi connectivity index (χ1v) is 10.1. The van der Waals surface area contributed by atoms with Gasteiger partial charge in [-0.3, -0.25) is 9.59 Å². The van der Waals surface area contributed by atoms with E-state index in [9.17, 15) is 27.2 Å². The van der Waals surface area contributed by atoms with Crippen LogP contribution in [-0.2, 0) is 11.0 Å². The van der Waals surface area contributed by atoms with Crippen LogP contribution in [-0.4, -0.2) is 34.5 Å². The molecule has 2 amide bonds. The van der Waals surface area contributed by atoms with Gasteiger partial charge in [0.2, 0.25) is 0 Å². The standard InChI is InChI=1S/C21H15F4N5O2S/c1-27-17(31)12-3-2-11(7-15(12)22)30-19(33)29-18(32)20(30)5-4-13(20)10-6-14(21(23,24)25)16(8-26)28-9-10/h2-3,6-7,9,13H,4-5H2,1H3,(H,27,31)(H,29,32,33). The number of halogens is 4. The topological polar surface area (TPSA) is 98.1 Å². The average molecular weight is 477 g/mol. The van der Waals surface area contributed by atoms with Gasteiger partial charge in [0.15, 0.2) is 10.8 Å². The summed E-state index contributed by atoms with van der Waals surface area (Å²) >= 11 is 5.28. The van der Waals surface area contributed by atoms with Gasteiger partial charge in [0.25, 0.3) is 11.8 Å². The van der Waals surface area contributed by atoms with Crippen LogP contribution in [0.4, 0.5) is 23.2 Å². The van der Waals surface area contributed by atoms with Gasteiger partial charge in [0.1, 0.15) is 17.4 Å². The maximum Gasteiger partial charge on any atom is 0.419 e. The summed E-state index contributed by atoms with van der Waals surface area (Å²) in [4.78, 5) is 29.8. The lowest BCUT2D eigenvalue weighted by Gasteiger charge is -2.50. The second kappa shape index (κ2) is 7.77. The van der Waals surface area contributed by atoms with Gasteiger partial charge in [0.05, 0.1) is 11.1 Å². The van der Waals surface area contributed by atoms with E-state index in [1.54, 1.807) is 0 Å². The molecule has 0 radical (unpaired) electrons. The SMILES string of the molecule is CNC(=O)c1ccc(N2C(=S)NC(=O)C23CCC3c2cnc(C#N)c(C(F)(F)F)c2)cc1F. The Morgan fingerprint density at radius 1 is 1.39 bits per heavy atom. The van der Waals surface area contributed by atoms with Crippen molar-refractivity contribution in [2.45, 2.75) is 30.5 Å². The monoisotopic (exact) mass is 477 g/mol. The fourth-order valence-electron chi connectivity index (χ4n) is 4.37. The fourth-order valence-corrected chi connectivity index (χ4v) is 4.74. The first-order valence-electron chi connectivity index (χ1n) is 9.69. The summed E-state index contributed by atoms with van der Waals surface area (Å²) in [7, 11) is 1.35. The Morgan fingerprint density at radius 3 is 2.67 bits per heavy atom. The maximum atomic E-state index is 14.6.